The molecule has 0 aliphatic heterocycles. The van der Waals surface area contributed by atoms with Gasteiger partial charge >= 0.3 is 5.97 Å². The van der Waals surface area contributed by atoms with Gasteiger partial charge in [0.05, 0.1) is 18.1 Å². The summed E-state index contributed by atoms with van der Waals surface area (Å²) in [5.41, 5.74) is 0.116. The Morgan fingerprint density at radius 3 is 2.59 bits per heavy atom. The summed E-state index contributed by atoms with van der Waals surface area (Å²) >= 11 is 5.61. The van der Waals surface area contributed by atoms with Gasteiger partial charge in [-0.1, -0.05) is 11.6 Å². The van der Waals surface area contributed by atoms with E-state index in [0.717, 1.165) is 12.8 Å². The number of rotatable bonds is 3. The number of esters is 1. The molecule has 1 saturated carbocycles. The molecule has 0 radical (unpaired) electrons. The summed E-state index contributed by atoms with van der Waals surface area (Å²) in [4.78, 5) is 11.6. The van der Waals surface area contributed by atoms with Gasteiger partial charge in [-0.3, -0.25) is 4.79 Å². The second-order valence-corrected chi connectivity index (χ2v) is 4.53. The highest BCUT2D eigenvalue weighted by Crippen LogP contribution is 2.44. The molecule has 0 amide bonds. The molecule has 2 nitrogen and oxygen atoms in total. The molecule has 1 fully saturated rings. The highest BCUT2D eigenvalue weighted by molar-refractivity contribution is 6.30. The maximum atomic E-state index is 13.7. The van der Waals surface area contributed by atoms with Crippen LogP contribution in [0, 0.1) is 17.6 Å². The van der Waals surface area contributed by atoms with E-state index in [4.69, 9.17) is 11.6 Å². The summed E-state index contributed by atoms with van der Waals surface area (Å²) in [5, 5.41) is -0.184. The first-order valence-electron chi connectivity index (χ1n) is 5.27. The van der Waals surface area contributed by atoms with E-state index in [9.17, 15) is 13.6 Å². The summed E-state index contributed by atoms with van der Waals surface area (Å²) in [6.07, 6.45) is 1.68. The zero-order valence-corrected chi connectivity index (χ0v) is 9.93. The van der Waals surface area contributed by atoms with Crippen LogP contribution in [0.5, 0.6) is 0 Å². The summed E-state index contributed by atoms with van der Waals surface area (Å²) in [6, 6.07) is 1.88. The Hall–Kier alpha value is -1.16. The number of hydrogen-bond donors (Lipinski definition) is 0. The topological polar surface area (TPSA) is 26.3 Å². The first-order valence-corrected chi connectivity index (χ1v) is 5.64. The van der Waals surface area contributed by atoms with Crippen molar-refractivity contribution in [3.05, 3.63) is 34.4 Å². The third kappa shape index (κ3) is 2.41. The molecular weight excluding hydrogens is 250 g/mol. The van der Waals surface area contributed by atoms with Crippen molar-refractivity contribution >= 4 is 17.6 Å². The van der Waals surface area contributed by atoms with Crippen LogP contribution in [0.15, 0.2) is 12.1 Å². The highest BCUT2D eigenvalue weighted by Gasteiger charge is 2.39. The van der Waals surface area contributed by atoms with E-state index in [-0.39, 0.29) is 16.5 Å². The van der Waals surface area contributed by atoms with Gasteiger partial charge in [0.1, 0.15) is 11.6 Å². The lowest BCUT2D eigenvalue weighted by atomic mass is 9.93. The molecule has 92 valence electrons. The Morgan fingerprint density at radius 1 is 1.41 bits per heavy atom. The zero-order valence-electron chi connectivity index (χ0n) is 9.17. The van der Waals surface area contributed by atoms with Crippen LogP contribution in [0.4, 0.5) is 8.78 Å². The number of benzene rings is 1. The van der Waals surface area contributed by atoms with Gasteiger partial charge in [-0.2, -0.15) is 0 Å². The fourth-order valence-electron chi connectivity index (χ4n) is 1.91. The van der Waals surface area contributed by atoms with Crippen LogP contribution in [0.25, 0.3) is 0 Å². The van der Waals surface area contributed by atoms with Crippen LogP contribution < -0.4 is 0 Å². The van der Waals surface area contributed by atoms with Gasteiger partial charge < -0.3 is 4.74 Å². The SMILES string of the molecule is COC(=O)C(c1cc(Cl)c(F)cc1F)C1CC1. The Bertz CT molecular complexity index is 458. The van der Waals surface area contributed by atoms with E-state index >= 15 is 0 Å². The molecule has 0 N–H and O–H groups in total. The van der Waals surface area contributed by atoms with Crippen molar-refractivity contribution in [2.24, 2.45) is 5.92 Å². The molecule has 0 aromatic heterocycles. The number of carbonyl (C=O) groups excluding carboxylic acids is 1. The van der Waals surface area contributed by atoms with E-state index in [2.05, 4.69) is 4.74 Å². The van der Waals surface area contributed by atoms with Gasteiger partial charge in [-0.05, 0) is 24.8 Å². The molecule has 1 aromatic rings. The van der Waals surface area contributed by atoms with Gasteiger partial charge in [0.15, 0.2) is 0 Å². The number of carbonyl (C=O) groups is 1. The van der Waals surface area contributed by atoms with Crippen LogP contribution >= 0.6 is 11.6 Å². The lowest BCUT2D eigenvalue weighted by Crippen LogP contribution is -2.17. The van der Waals surface area contributed by atoms with Crippen molar-refractivity contribution in [2.75, 3.05) is 7.11 Å². The molecule has 17 heavy (non-hydrogen) atoms. The molecular formula is C12H11ClF2O2. The third-order valence-corrected chi connectivity index (χ3v) is 3.21. The first-order chi connectivity index (χ1) is 8.04. The molecule has 0 spiro atoms. The minimum Gasteiger partial charge on any atom is -0.469 e. The average molecular weight is 261 g/mol. The molecule has 1 aliphatic rings. The monoisotopic (exact) mass is 260 g/mol. The Kier molecular flexibility index (Phi) is 3.33. The number of ether oxygens (including phenoxy) is 1. The van der Waals surface area contributed by atoms with Crippen LogP contribution in [0.1, 0.15) is 24.3 Å². The fraction of sp³-hybridized carbons (Fsp3) is 0.417. The smallest absolute Gasteiger partial charge is 0.313 e. The second kappa shape index (κ2) is 4.61. The molecule has 2 rings (SSSR count). The van der Waals surface area contributed by atoms with Gasteiger partial charge in [0.2, 0.25) is 0 Å². The quantitative estimate of drug-likeness (QED) is 0.616. The summed E-state index contributed by atoms with van der Waals surface area (Å²) < 4.78 is 31.3. The minimum atomic E-state index is -0.827. The largest absolute Gasteiger partial charge is 0.469 e. The molecule has 5 heteroatoms. The van der Waals surface area contributed by atoms with Gasteiger partial charge in [-0.25, -0.2) is 8.78 Å². The van der Waals surface area contributed by atoms with E-state index in [1.807, 2.05) is 0 Å². The van der Waals surface area contributed by atoms with Crippen LogP contribution in [-0.4, -0.2) is 13.1 Å². The van der Waals surface area contributed by atoms with Crippen molar-refractivity contribution in [1.82, 2.24) is 0 Å². The third-order valence-electron chi connectivity index (χ3n) is 2.92. The van der Waals surface area contributed by atoms with Crippen LogP contribution in [0.3, 0.4) is 0 Å². The molecule has 0 bridgehead atoms. The van der Waals surface area contributed by atoms with Crippen molar-refractivity contribution < 1.29 is 18.3 Å². The molecule has 1 aliphatic carbocycles. The van der Waals surface area contributed by atoms with Crippen molar-refractivity contribution in [3.63, 3.8) is 0 Å². The van der Waals surface area contributed by atoms with Crippen molar-refractivity contribution in [1.29, 1.82) is 0 Å². The normalized spacial score (nSPS) is 16.7. The Morgan fingerprint density at radius 2 is 2.06 bits per heavy atom. The lowest BCUT2D eigenvalue weighted by molar-refractivity contribution is -0.143. The highest BCUT2D eigenvalue weighted by atomic mass is 35.5. The first kappa shape index (κ1) is 12.3. The zero-order chi connectivity index (χ0) is 12.6. The maximum Gasteiger partial charge on any atom is 0.313 e. The second-order valence-electron chi connectivity index (χ2n) is 4.13. The maximum absolute atomic E-state index is 13.7. The number of halogens is 3. The number of methoxy groups -OCH3 is 1. The van der Waals surface area contributed by atoms with E-state index in [1.54, 1.807) is 0 Å². The average Bonchev–Trinajstić information content (AvgIpc) is 3.09. The van der Waals surface area contributed by atoms with E-state index in [1.165, 1.54) is 13.2 Å². The molecule has 0 saturated heterocycles. The standard InChI is InChI=1S/C12H11ClF2O2/c1-17-12(16)11(6-2-3-6)7-4-8(13)10(15)5-9(7)14/h4-6,11H,2-3H2,1H3. The lowest BCUT2D eigenvalue weighted by Gasteiger charge is -2.15. The van der Waals surface area contributed by atoms with E-state index < -0.39 is 23.5 Å². The van der Waals surface area contributed by atoms with Gasteiger partial charge in [-0.15, -0.1) is 0 Å². The number of hydrogen-bond acceptors (Lipinski definition) is 2. The molecule has 0 heterocycles. The predicted octanol–water partition coefficient (Wildman–Crippen LogP) is 3.28. The van der Waals surface area contributed by atoms with Gasteiger partial charge in [0.25, 0.3) is 0 Å². The van der Waals surface area contributed by atoms with Gasteiger partial charge in [0, 0.05) is 11.6 Å². The minimum absolute atomic E-state index is 0.0680. The Balaban J connectivity index is 2.42. The molecule has 1 unspecified atom stereocenters. The van der Waals surface area contributed by atoms with Crippen LogP contribution in [0.2, 0.25) is 5.02 Å². The summed E-state index contributed by atoms with van der Waals surface area (Å²) in [7, 11) is 1.25. The summed E-state index contributed by atoms with van der Waals surface area (Å²) in [6.45, 7) is 0. The fourth-order valence-corrected chi connectivity index (χ4v) is 2.08. The Labute approximate surface area is 103 Å². The van der Waals surface area contributed by atoms with Crippen molar-refractivity contribution in [2.45, 2.75) is 18.8 Å². The predicted molar refractivity (Wildman–Crippen MR) is 58.8 cm³/mol. The van der Waals surface area contributed by atoms with Crippen LogP contribution in [-0.2, 0) is 9.53 Å². The van der Waals surface area contributed by atoms with Crippen molar-refractivity contribution in [3.8, 4) is 0 Å². The summed E-state index contributed by atoms with van der Waals surface area (Å²) in [5.74, 6) is -2.70. The molecule has 1 aromatic carbocycles. The van der Waals surface area contributed by atoms with E-state index in [0.29, 0.717) is 6.07 Å². The molecule has 1 atom stereocenters.